The highest BCUT2D eigenvalue weighted by molar-refractivity contribution is 7.99. The quantitative estimate of drug-likeness (QED) is 0.675. The Hall–Kier alpha value is -1.26. The van der Waals surface area contributed by atoms with Crippen molar-refractivity contribution in [1.29, 1.82) is 0 Å². The molecule has 2 heterocycles. The zero-order chi connectivity index (χ0) is 19.2. The van der Waals surface area contributed by atoms with Gasteiger partial charge in [-0.2, -0.15) is 11.8 Å². The van der Waals surface area contributed by atoms with Crippen molar-refractivity contribution >= 4 is 28.4 Å². The molecule has 2 aromatic rings. The number of carbonyl (C=O) groups is 1. The molecule has 0 spiro atoms. The molecule has 148 valence electrons. The summed E-state index contributed by atoms with van der Waals surface area (Å²) in [5.74, 6) is 2.84. The van der Waals surface area contributed by atoms with Crippen LogP contribution in [0, 0.1) is 0 Å². The van der Waals surface area contributed by atoms with Crippen molar-refractivity contribution in [3.63, 3.8) is 0 Å². The Morgan fingerprint density at radius 2 is 2.15 bits per heavy atom. The van der Waals surface area contributed by atoms with Crippen LogP contribution in [0.5, 0.6) is 0 Å². The molecule has 27 heavy (non-hydrogen) atoms. The van der Waals surface area contributed by atoms with E-state index in [2.05, 4.69) is 48.1 Å². The molecule has 0 radical (unpaired) electrons. The van der Waals surface area contributed by atoms with E-state index < -0.39 is 0 Å². The number of H-pyrrole nitrogens is 1. The average Bonchev–Trinajstić information content (AvgIpc) is 3.08. The number of benzene rings is 1. The predicted octanol–water partition coefficient (Wildman–Crippen LogP) is 5.40. The standard InChI is InChI=1S/C17H22N2.C6H12OS/c1-2-8-19-9-4-6-13-14-5-3-7-15-17(14)12(11-18-15)10-16(13)19;1-3-4-8-5-6(2)7/h3,5,7,11,13,16,18H,2,4,6,8-10H2,1H3;3-5H2,1-2H3. The van der Waals surface area contributed by atoms with Crippen LogP contribution in [-0.2, 0) is 11.2 Å². The largest absolute Gasteiger partial charge is 0.361 e. The van der Waals surface area contributed by atoms with Gasteiger partial charge >= 0.3 is 0 Å². The molecule has 1 fully saturated rings. The van der Waals surface area contributed by atoms with E-state index in [1.165, 1.54) is 55.2 Å². The number of nitrogens with zero attached hydrogens (tertiary/aromatic N) is 1. The molecule has 0 bridgehead atoms. The highest BCUT2D eigenvalue weighted by Crippen LogP contribution is 2.43. The maximum Gasteiger partial charge on any atom is 0.139 e. The second-order valence-corrected chi connectivity index (χ2v) is 9.00. The molecule has 0 saturated carbocycles. The number of nitrogens with one attached hydrogen (secondary N) is 1. The number of likely N-dealkylation sites (tertiary alicyclic amines) is 1. The number of aromatic nitrogens is 1. The fourth-order valence-electron chi connectivity index (χ4n) is 4.67. The Bertz CT molecular complexity index is 752. The van der Waals surface area contributed by atoms with Gasteiger partial charge in [0.15, 0.2) is 0 Å². The van der Waals surface area contributed by atoms with Gasteiger partial charge in [-0.15, -0.1) is 0 Å². The molecule has 3 nitrogen and oxygen atoms in total. The van der Waals surface area contributed by atoms with E-state index in [9.17, 15) is 4.79 Å². The van der Waals surface area contributed by atoms with Crippen LogP contribution in [-0.4, -0.2) is 46.3 Å². The fraction of sp³-hybridized carbons (Fsp3) is 0.609. The third-order valence-corrected chi connectivity index (χ3v) is 7.01. The number of piperidine rings is 1. The van der Waals surface area contributed by atoms with Crippen LogP contribution in [0.1, 0.15) is 63.5 Å². The van der Waals surface area contributed by atoms with Gasteiger partial charge in [-0.1, -0.05) is 26.0 Å². The lowest BCUT2D eigenvalue weighted by atomic mass is 9.75. The van der Waals surface area contributed by atoms with Crippen LogP contribution >= 0.6 is 11.8 Å². The highest BCUT2D eigenvalue weighted by Gasteiger charge is 2.36. The molecular formula is C23H34N2OS. The monoisotopic (exact) mass is 386 g/mol. The van der Waals surface area contributed by atoms with E-state index in [-0.39, 0.29) is 5.78 Å². The number of aromatic amines is 1. The van der Waals surface area contributed by atoms with E-state index in [0.29, 0.717) is 5.75 Å². The summed E-state index contributed by atoms with van der Waals surface area (Å²) >= 11 is 1.71. The smallest absolute Gasteiger partial charge is 0.139 e. The number of rotatable bonds is 6. The second-order valence-electron chi connectivity index (χ2n) is 7.89. The van der Waals surface area contributed by atoms with Crippen LogP contribution in [0.15, 0.2) is 24.4 Å². The van der Waals surface area contributed by atoms with E-state index in [1.54, 1.807) is 24.2 Å². The molecule has 1 aliphatic heterocycles. The van der Waals surface area contributed by atoms with Gasteiger partial charge in [-0.05, 0) is 75.1 Å². The van der Waals surface area contributed by atoms with Crippen molar-refractivity contribution in [2.75, 3.05) is 24.6 Å². The summed E-state index contributed by atoms with van der Waals surface area (Å²) in [6, 6.07) is 7.54. The highest BCUT2D eigenvalue weighted by atomic mass is 32.2. The molecule has 1 N–H and O–H groups in total. The topological polar surface area (TPSA) is 36.1 Å². The molecule has 1 aromatic heterocycles. The third-order valence-electron chi connectivity index (χ3n) is 5.71. The van der Waals surface area contributed by atoms with Crippen molar-refractivity contribution in [2.24, 2.45) is 0 Å². The minimum Gasteiger partial charge on any atom is -0.361 e. The normalized spacial score (nSPS) is 21.4. The Morgan fingerprint density at radius 1 is 1.30 bits per heavy atom. The van der Waals surface area contributed by atoms with Crippen LogP contribution in [0.25, 0.3) is 10.9 Å². The van der Waals surface area contributed by atoms with E-state index in [4.69, 9.17) is 0 Å². The maximum atomic E-state index is 10.3. The number of hydrogen-bond donors (Lipinski definition) is 1. The first-order chi connectivity index (χ1) is 13.2. The number of hydrogen-bond acceptors (Lipinski definition) is 3. The zero-order valence-corrected chi connectivity index (χ0v) is 17.9. The van der Waals surface area contributed by atoms with Crippen molar-refractivity contribution in [3.8, 4) is 0 Å². The SMILES string of the molecule is CCCN1CCCC2c3cccc4[nH]cc(c34)CC21.CCCSCC(C)=O. The predicted molar refractivity (Wildman–Crippen MR) is 118 cm³/mol. The van der Waals surface area contributed by atoms with Crippen molar-refractivity contribution in [2.45, 2.75) is 64.8 Å². The van der Waals surface area contributed by atoms with Gasteiger partial charge in [0.05, 0.1) is 5.75 Å². The van der Waals surface area contributed by atoms with Gasteiger partial charge in [-0.25, -0.2) is 0 Å². The number of ketones is 1. The van der Waals surface area contributed by atoms with E-state index >= 15 is 0 Å². The van der Waals surface area contributed by atoms with Gasteiger partial charge in [0, 0.05) is 29.1 Å². The Morgan fingerprint density at radius 3 is 2.89 bits per heavy atom. The van der Waals surface area contributed by atoms with Crippen LogP contribution in [0.4, 0.5) is 0 Å². The summed E-state index contributed by atoms with van der Waals surface area (Å²) in [4.78, 5) is 16.5. The van der Waals surface area contributed by atoms with Gasteiger partial charge in [0.1, 0.15) is 5.78 Å². The van der Waals surface area contributed by atoms with E-state index in [0.717, 1.165) is 24.1 Å². The lowest BCUT2D eigenvalue weighted by Gasteiger charge is -2.44. The average molecular weight is 387 g/mol. The zero-order valence-electron chi connectivity index (χ0n) is 17.1. The van der Waals surface area contributed by atoms with Crippen molar-refractivity contribution in [1.82, 2.24) is 9.88 Å². The van der Waals surface area contributed by atoms with Crippen LogP contribution < -0.4 is 0 Å². The number of Topliss-reactive ketones (excluding diaryl/α,β-unsaturated/α-hetero) is 1. The molecular weight excluding hydrogens is 352 g/mol. The number of thioether (sulfide) groups is 1. The van der Waals surface area contributed by atoms with Crippen LogP contribution in [0.2, 0.25) is 0 Å². The number of carbonyl (C=O) groups excluding carboxylic acids is 1. The van der Waals surface area contributed by atoms with Gasteiger partial charge < -0.3 is 4.98 Å². The Labute approximate surface area is 168 Å². The lowest BCUT2D eigenvalue weighted by Crippen LogP contribution is -2.46. The van der Waals surface area contributed by atoms with Crippen molar-refractivity contribution < 1.29 is 4.79 Å². The summed E-state index contributed by atoms with van der Waals surface area (Å²) in [6.45, 7) is 8.60. The van der Waals surface area contributed by atoms with Crippen molar-refractivity contribution in [3.05, 3.63) is 35.5 Å². The van der Waals surface area contributed by atoms with Gasteiger partial charge in [0.2, 0.25) is 0 Å². The molecule has 4 rings (SSSR count). The van der Waals surface area contributed by atoms with E-state index in [1.807, 2.05) is 0 Å². The van der Waals surface area contributed by atoms with Gasteiger partial charge in [-0.3, -0.25) is 9.69 Å². The summed E-state index contributed by atoms with van der Waals surface area (Å²) in [5.41, 5.74) is 4.47. The summed E-state index contributed by atoms with van der Waals surface area (Å²) in [7, 11) is 0. The Kier molecular flexibility index (Phi) is 7.42. The first kappa shape index (κ1) is 20.5. The fourth-order valence-corrected chi connectivity index (χ4v) is 5.39. The summed E-state index contributed by atoms with van der Waals surface area (Å²) in [5, 5.41) is 1.53. The van der Waals surface area contributed by atoms with Gasteiger partial charge in [0.25, 0.3) is 0 Å². The number of fused-ring (bicyclic) bond motifs is 2. The molecule has 4 heteroatoms. The first-order valence-electron chi connectivity index (χ1n) is 10.6. The third kappa shape index (κ3) is 4.78. The summed E-state index contributed by atoms with van der Waals surface area (Å²) in [6.07, 6.45) is 8.64. The minimum absolute atomic E-state index is 0.281. The molecule has 0 amide bonds. The molecule has 2 atom stereocenters. The lowest BCUT2D eigenvalue weighted by molar-refractivity contribution is -0.114. The molecule has 1 aromatic carbocycles. The molecule has 2 unspecified atom stereocenters. The maximum absolute atomic E-state index is 10.3. The second kappa shape index (κ2) is 9.79. The molecule has 1 aliphatic carbocycles. The summed E-state index contributed by atoms with van der Waals surface area (Å²) < 4.78 is 0. The molecule has 2 aliphatic rings. The van der Waals surface area contributed by atoms with Crippen LogP contribution in [0.3, 0.4) is 0 Å². The minimum atomic E-state index is 0.281. The first-order valence-corrected chi connectivity index (χ1v) is 11.7. The Balaban J connectivity index is 0.000000226. The molecule has 1 saturated heterocycles.